The molecule has 20 heavy (non-hydrogen) atoms. The number of hydrogen-bond acceptors (Lipinski definition) is 2. The van der Waals surface area contributed by atoms with Crippen molar-refractivity contribution in [1.82, 2.24) is 4.98 Å². The molecule has 100 valence electrons. The maximum atomic E-state index is 12.1. The minimum atomic E-state index is -0.264. The number of nitrogens with zero attached hydrogens (tertiary/aromatic N) is 1. The van der Waals surface area contributed by atoms with Crippen LogP contribution in [0.4, 0.5) is 0 Å². The second-order valence-corrected chi connectivity index (χ2v) is 5.49. The van der Waals surface area contributed by atoms with Crippen molar-refractivity contribution in [3.05, 3.63) is 57.4 Å². The predicted molar refractivity (Wildman–Crippen MR) is 78.4 cm³/mol. The van der Waals surface area contributed by atoms with Gasteiger partial charge in [0.05, 0.1) is 5.69 Å². The van der Waals surface area contributed by atoms with Crippen LogP contribution in [0.2, 0.25) is 0 Å². The van der Waals surface area contributed by atoms with Crippen molar-refractivity contribution in [2.45, 2.75) is 26.2 Å². The predicted octanol–water partition coefficient (Wildman–Crippen LogP) is 3.04. The van der Waals surface area contributed by atoms with Gasteiger partial charge in [0.25, 0.3) is 5.56 Å². The molecule has 1 aliphatic carbocycles. The van der Waals surface area contributed by atoms with E-state index in [-0.39, 0.29) is 5.56 Å². The molecule has 1 atom stereocenters. The van der Waals surface area contributed by atoms with Crippen molar-refractivity contribution in [2.24, 2.45) is 5.92 Å². The summed E-state index contributed by atoms with van der Waals surface area (Å²) in [6.07, 6.45) is 2.79. The minimum absolute atomic E-state index is 0.264. The summed E-state index contributed by atoms with van der Waals surface area (Å²) in [6, 6.07) is 12.0. The molecule has 0 saturated carbocycles. The van der Waals surface area contributed by atoms with Gasteiger partial charge in [-0.15, -0.1) is 0 Å². The van der Waals surface area contributed by atoms with Crippen LogP contribution in [0.25, 0.3) is 11.3 Å². The number of nitriles is 1. The third kappa shape index (κ3) is 2.04. The Morgan fingerprint density at radius 2 is 2.00 bits per heavy atom. The van der Waals surface area contributed by atoms with Crippen LogP contribution in [0, 0.1) is 17.2 Å². The summed E-state index contributed by atoms with van der Waals surface area (Å²) in [5.41, 5.74) is 4.03. The smallest absolute Gasteiger partial charge is 0.266 e. The van der Waals surface area contributed by atoms with Crippen LogP contribution < -0.4 is 5.56 Å². The molecular formula is C17H16N2O. The Hall–Kier alpha value is -2.34. The van der Waals surface area contributed by atoms with Gasteiger partial charge in [-0.1, -0.05) is 37.3 Å². The maximum Gasteiger partial charge on any atom is 0.266 e. The maximum absolute atomic E-state index is 12.1. The number of fused-ring (bicyclic) bond motifs is 1. The third-order valence-corrected chi connectivity index (χ3v) is 4.05. The van der Waals surface area contributed by atoms with Crippen molar-refractivity contribution in [2.75, 3.05) is 0 Å². The number of benzene rings is 1. The highest BCUT2D eigenvalue weighted by Gasteiger charge is 2.24. The normalized spacial score (nSPS) is 17.3. The van der Waals surface area contributed by atoms with Crippen LogP contribution in [0.3, 0.4) is 0 Å². The first-order valence-electron chi connectivity index (χ1n) is 6.94. The molecule has 0 bridgehead atoms. The van der Waals surface area contributed by atoms with Gasteiger partial charge < -0.3 is 4.98 Å². The SMILES string of the molecule is CC1CCc2c(c(-c3ccccc3)[nH]c(=O)c2C#N)C1. The van der Waals surface area contributed by atoms with E-state index in [0.29, 0.717) is 11.5 Å². The van der Waals surface area contributed by atoms with Crippen molar-refractivity contribution in [3.8, 4) is 17.3 Å². The Balaban J connectivity index is 2.29. The van der Waals surface area contributed by atoms with Crippen LogP contribution in [0.5, 0.6) is 0 Å². The number of aromatic nitrogens is 1. The third-order valence-electron chi connectivity index (χ3n) is 4.05. The van der Waals surface area contributed by atoms with Gasteiger partial charge in [-0.2, -0.15) is 5.26 Å². The Kier molecular flexibility index (Phi) is 3.15. The van der Waals surface area contributed by atoms with Crippen LogP contribution in [0.15, 0.2) is 35.1 Å². The Morgan fingerprint density at radius 1 is 1.25 bits per heavy atom. The Bertz CT molecular complexity index is 738. The highest BCUT2D eigenvalue weighted by molar-refractivity contribution is 5.66. The highest BCUT2D eigenvalue weighted by atomic mass is 16.1. The van der Waals surface area contributed by atoms with E-state index in [2.05, 4.69) is 18.0 Å². The van der Waals surface area contributed by atoms with Gasteiger partial charge in [-0.3, -0.25) is 4.79 Å². The average Bonchev–Trinajstić information content (AvgIpc) is 2.48. The summed E-state index contributed by atoms with van der Waals surface area (Å²) in [4.78, 5) is 15.0. The molecule has 0 fully saturated rings. The lowest BCUT2D eigenvalue weighted by molar-refractivity contribution is 0.499. The van der Waals surface area contributed by atoms with Gasteiger partial charge in [0, 0.05) is 0 Å². The lowest BCUT2D eigenvalue weighted by Crippen LogP contribution is -2.22. The molecule has 1 N–H and O–H groups in total. The first-order valence-corrected chi connectivity index (χ1v) is 6.94. The fourth-order valence-electron chi connectivity index (χ4n) is 3.00. The van der Waals surface area contributed by atoms with E-state index < -0.39 is 0 Å². The van der Waals surface area contributed by atoms with E-state index in [1.807, 2.05) is 30.3 Å². The van der Waals surface area contributed by atoms with E-state index in [1.54, 1.807) is 0 Å². The molecular weight excluding hydrogens is 248 g/mol. The molecule has 3 heteroatoms. The van der Waals surface area contributed by atoms with Gasteiger partial charge in [-0.25, -0.2) is 0 Å². The Morgan fingerprint density at radius 3 is 2.70 bits per heavy atom. The van der Waals surface area contributed by atoms with Gasteiger partial charge >= 0.3 is 0 Å². The fraction of sp³-hybridized carbons (Fsp3) is 0.294. The summed E-state index contributed by atoms with van der Waals surface area (Å²) in [6.45, 7) is 2.22. The zero-order valence-corrected chi connectivity index (χ0v) is 11.4. The summed E-state index contributed by atoms with van der Waals surface area (Å²) >= 11 is 0. The molecule has 0 radical (unpaired) electrons. The Labute approximate surface area is 117 Å². The molecule has 1 unspecified atom stereocenters. The zero-order chi connectivity index (χ0) is 14.1. The van der Waals surface area contributed by atoms with Crippen molar-refractivity contribution in [3.63, 3.8) is 0 Å². The summed E-state index contributed by atoms with van der Waals surface area (Å²) < 4.78 is 0. The molecule has 1 heterocycles. The van der Waals surface area contributed by atoms with Gasteiger partial charge in [0.2, 0.25) is 0 Å². The van der Waals surface area contributed by atoms with E-state index in [9.17, 15) is 10.1 Å². The van der Waals surface area contributed by atoms with E-state index in [4.69, 9.17) is 0 Å². The largest absolute Gasteiger partial charge is 0.321 e. The van der Waals surface area contributed by atoms with E-state index >= 15 is 0 Å². The van der Waals surface area contributed by atoms with E-state index in [1.165, 1.54) is 0 Å². The van der Waals surface area contributed by atoms with Crippen LogP contribution in [-0.2, 0) is 12.8 Å². The zero-order valence-electron chi connectivity index (χ0n) is 11.4. The highest BCUT2D eigenvalue weighted by Crippen LogP contribution is 2.32. The van der Waals surface area contributed by atoms with Crippen LogP contribution in [-0.4, -0.2) is 4.98 Å². The molecule has 0 amide bonds. The van der Waals surface area contributed by atoms with Gasteiger partial charge in [0.1, 0.15) is 11.6 Å². The van der Waals surface area contributed by atoms with Crippen molar-refractivity contribution in [1.29, 1.82) is 5.26 Å². The lowest BCUT2D eigenvalue weighted by atomic mass is 9.81. The number of aromatic amines is 1. The number of rotatable bonds is 1. The molecule has 1 aliphatic rings. The van der Waals surface area contributed by atoms with Crippen molar-refractivity contribution >= 4 is 0 Å². The number of pyridine rings is 1. The molecule has 3 nitrogen and oxygen atoms in total. The van der Waals surface area contributed by atoms with Crippen molar-refractivity contribution < 1.29 is 0 Å². The molecule has 1 aromatic carbocycles. The second kappa shape index (κ2) is 4.97. The first kappa shape index (κ1) is 12.7. The second-order valence-electron chi connectivity index (χ2n) is 5.49. The van der Waals surface area contributed by atoms with E-state index in [0.717, 1.165) is 41.6 Å². The summed E-state index contributed by atoms with van der Waals surface area (Å²) in [5.74, 6) is 0.586. The molecule has 2 aromatic rings. The first-order chi connectivity index (χ1) is 9.70. The van der Waals surface area contributed by atoms with Gasteiger partial charge in [0.15, 0.2) is 0 Å². The van der Waals surface area contributed by atoms with Gasteiger partial charge in [-0.05, 0) is 41.9 Å². The topological polar surface area (TPSA) is 56.6 Å². The average molecular weight is 264 g/mol. The number of nitrogens with one attached hydrogen (secondary N) is 1. The number of H-pyrrole nitrogens is 1. The molecule has 0 aliphatic heterocycles. The molecule has 1 aromatic heterocycles. The quantitative estimate of drug-likeness (QED) is 0.860. The fourth-order valence-corrected chi connectivity index (χ4v) is 3.00. The summed E-state index contributed by atoms with van der Waals surface area (Å²) in [7, 11) is 0. The lowest BCUT2D eigenvalue weighted by Gasteiger charge is -2.24. The molecule has 0 spiro atoms. The molecule has 3 rings (SSSR count). The number of hydrogen-bond donors (Lipinski definition) is 1. The molecule has 0 saturated heterocycles. The minimum Gasteiger partial charge on any atom is -0.321 e. The standard InChI is InChI=1S/C17H16N2O/c1-11-7-8-13-14(9-11)16(12-5-3-2-4-6-12)19-17(20)15(13)10-18/h2-6,11H,7-9H2,1H3,(H,19,20). The van der Waals surface area contributed by atoms with Crippen LogP contribution in [0.1, 0.15) is 30.0 Å². The monoisotopic (exact) mass is 264 g/mol. The summed E-state index contributed by atoms with van der Waals surface area (Å²) in [5, 5.41) is 9.23. The van der Waals surface area contributed by atoms with Crippen LogP contribution >= 0.6 is 0 Å².